The van der Waals surface area contributed by atoms with Crippen LogP contribution in [-0.4, -0.2) is 25.3 Å². The van der Waals surface area contributed by atoms with E-state index in [9.17, 15) is 0 Å². The lowest BCUT2D eigenvalue weighted by Gasteiger charge is -2.37. The van der Waals surface area contributed by atoms with E-state index in [2.05, 4.69) is 70.3 Å². The summed E-state index contributed by atoms with van der Waals surface area (Å²) in [5.74, 6) is 0. The first-order chi connectivity index (χ1) is 9.99. The van der Waals surface area contributed by atoms with Crippen LogP contribution in [-0.2, 0) is 11.2 Å². The van der Waals surface area contributed by atoms with E-state index >= 15 is 0 Å². The van der Waals surface area contributed by atoms with Crippen molar-refractivity contribution in [2.24, 2.45) is 5.41 Å². The fraction of sp³-hybridized carbons (Fsp3) is 0.684. The molecule has 1 aromatic carbocycles. The van der Waals surface area contributed by atoms with Crippen LogP contribution in [0.1, 0.15) is 53.0 Å². The van der Waals surface area contributed by atoms with Crippen molar-refractivity contribution in [1.82, 2.24) is 5.32 Å². The molecule has 0 amide bonds. The quantitative estimate of drug-likeness (QED) is 0.726. The molecule has 0 heterocycles. The molecule has 0 bridgehead atoms. The van der Waals surface area contributed by atoms with E-state index in [4.69, 9.17) is 4.74 Å². The number of hydrogen-bond donors (Lipinski definition) is 1. The number of hydrogen-bond acceptors (Lipinski definition) is 2. The lowest BCUT2D eigenvalue weighted by molar-refractivity contribution is -0.0372. The minimum Gasteiger partial charge on any atom is -0.376 e. The molecule has 0 saturated carbocycles. The van der Waals surface area contributed by atoms with E-state index in [1.807, 2.05) is 0 Å². The predicted octanol–water partition coefficient (Wildman–Crippen LogP) is 4.44. The van der Waals surface area contributed by atoms with Gasteiger partial charge in [0.25, 0.3) is 0 Å². The molecule has 2 nitrogen and oxygen atoms in total. The number of rotatable bonds is 9. The van der Waals surface area contributed by atoms with E-state index in [1.54, 1.807) is 0 Å². The third-order valence-electron chi connectivity index (χ3n) is 3.81. The average Bonchev–Trinajstić information content (AvgIpc) is 2.45. The Bertz CT molecular complexity index is 369. The standard InChI is InChI=1S/C19H33NO/c1-6-15-20-17(18(21-7-2)19(3,4)5)14-13-16-11-9-8-10-12-16/h8-12,17-18,20H,6-7,13-15H2,1-5H3. The molecule has 21 heavy (non-hydrogen) atoms. The summed E-state index contributed by atoms with van der Waals surface area (Å²) in [6.07, 6.45) is 3.62. The van der Waals surface area contributed by atoms with Crippen molar-refractivity contribution < 1.29 is 4.74 Å². The number of ether oxygens (including phenoxy) is 1. The van der Waals surface area contributed by atoms with Gasteiger partial charge in [0.1, 0.15) is 0 Å². The second kappa shape index (κ2) is 9.22. The van der Waals surface area contributed by atoms with Gasteiger partial charge in [0.15, 0.2) is 0 Å². The van der Waals surface area contributed by atoms with Crippen LogP contribution in [0.2, 0.25) is 0 Å². The summed E-state index contributed by atoms with van der Waals surface area (Å²) >= 11 is 0. The number of nitrogens with one attached hydrogen (secondary N) is 1. The van der Waals surface area contributed by atoms with Gasteiger partial charge in [-0.3, -0.25) is 0 Å². The lowest BCUT2D eigenvalue weighted by Crippen LogP contribution is -2.48. The highest BCUT2D eigenvalue weighted by Gasteiger charge is 2.32. The van der Waals surface area contributed by atoms with Crippen LogP contribution in [0.4, 0.5) is 0 Å². The fourth-order valence-electron chi connectivity index (χ4n) is 2.81. The maximum absolute atomic E-state index is 6.09. The highest BCUT2D eigenvalue weighted by Crippen LogP contribution is 2.27. The smallest absolute Gasteiger partial charge is 0.0776 e. The minimum absolute atomic E-state index is 0.151. The Labute approximate surface area is 131 Å². The molecule has 1 N–H and O–H groups in total. The second-order valence-corrected chi connectivity index (χ2v) is 6.83. The van der Waals surface area contributed by atoms with E-state index in [1.165, 1.54) is 5.56 Å². The first-order valence-corrected chi connectivity index (χ1v) is 8.38. The molecule has 0 aromatic heterocycles. The summed E-state index contributed by atoms with van der Waals surface area (Å²) in [6, 6.07) is 11.1. The zero-order valence-electron chi connectivity index (χ0n) is 14.5. The molecule has 2 atom stereocenters. The van der Waals surface area contributed by atoms with E-state index in [-0.39, 0.29) is 11.5 Å². The summed E-state index contributed by atoms with van der Waals surface area (Å²) in [5.41, 5.74) is 1.56. The molecule has 1 aromatic rings. The van der Waals surface area contributed by atoms with Crippen LogP contribution >= 0.6 is 0 Å². The third kappa shape index (κ3) is 6.62. The number of benzene rings is 1. The van der Waals surface area contributed by atoms with Crippen molar-refractivity contribution in [2.75, 3.05) is 13.2 Å². The van der Waals surface area contributed by atoms with Gasteiger partial charge in [-0.05, 0) is 43.7 Å². The van der Waals surface area contributed by atoms with Crippen molar-refractivity contribution in [3.05, 3.63) is 35.9 Å². The topological polar surface area (TPSA) is 21.3 Å². The highest BCUT2D eigenvalue weighted by atomic mass is 16.5. The van der Waals surface area contributed by atoms with E-state index in [0.29, 0.717) is 6.04 Å². The lowest BCUT2D eigenvalue weighted by atomic mass is 9.82. The van der Waals surface area contributed by atoms with Crippen molar-refractivity contribution in [1.29, 1.82) is 0 Å². The largest absolute Gasteiger partial charge is 0.376 e. The zero-order chi connectivity index (χ0) is 15.7. The maximum Gasteiger partial charge on any atom is 0.0776 e. The normalized spacial score (nSPS) is 14.9. The van der Waals surface area contributed by atoms with Crippen LogP contribution < -0.4 is 5.32 Å². The minimum atomic E-state index is 0.151. The van der Waals surface area contributed by atoms with Crippen LogP contribution in [0.25, 0.3) is 0 Å². The molecule has 120 valence electrons. The Balaban J connectivity index is 2.72. The average molecular weight is 291 g/mol. The second-order valence-electron chi connectivity index (χ2n) is 6.83. The molecule has 0 aliphatic rings. The van der Waals surface area contributed by atoms with Crippen LogP contribution in [0.15, 0.2) is 30.3 Å². The van der Waals surface area contributed by atoms with Gasteiger partial charge in [-0.2, -0.15) is 0 Å². The molecular weight excluding hydrogens is 258 g/mol. The molecular formula is C19H33NO. The summed E-state index contributed by atoms with van der Waals surface area (Å²) < 4.78 is 6.09. The van der Waals surface area contributed by atoms with E-state index < -0.39 is 0 Å². The first-order valence-electron chi connectivity index (χ1n) is 8.38. The predicted molar refractivity (Wildman–Crippen MR) is 91.7 cm³/mol. The molecule has 1 rings (SSSR count). The number of aryl methyl sites for hydroxylation is 1. The van der Waals surface area contributed by atoms with Crippen LogP contribution in [0.3, 0.4) is 0 Å². The molecule has 0 aliphatic carbocycles. The molecule has 2 heteroatoms. The Morgan fingerprint density at radius 2 is 1.76 bits per heavy atom. The van der Waals surface area contributed by atoms with Gasteiger partial charge >= 0.3 is 0 Å². The summed E-state index contributed by atoms with van der Waals surface area (Å²) in [6.45, 7) is 13.0. The van der Waals surface area contributed by atoms with Gasteiger partial charge in [0, 0.05) is 12.6 Å². The van der Waals surface area contributed by atoms with Gasteiger partial charge in [0.05, 0.1) is 6.10 Å². The van der Waals surface area contributed by atoms with Gasteiger partial charge < -0.3 is 10.1 Å². The molecule has 0 fully saturated rings. The highest BCUT2D eigenvalue weighted by molar-refractivity contribution is 5.15. The third-order valence-corrected chi connectivity index (χ3v) is 3.81. The van der Waals surface area contributed by atoms with Crippen molar-refractivity contribution in [3.63, 3.8) is 0 Å². The van der Waals surface area contributed by atoms with Crippen LogP contribution in [0.5, 0.6) is 0 Å². The van der Waals surface area contributed by atoms with Gasteiger partial charge in [-0.15, -0.1) is 0 Å². The Morgan fingerprint density at radius 1 is 1.10 bits per heavy atom. The van der Waals surface area contributed by atoms with Crippen LogP contribution in [0, 0.1) is 5.41 Å². The van der Waals surface area contributed by atoms with Crippen molar-refractivity contribution >= 4 is 0 Å². The van der Waals surface area contributed by atoms with Gasteiger partial charge in [-0.25, -0.2) is 0 Å². The maximum atomic E-state index is 6.09. The molecule has 0 radical (unpaired) electrons. The summed E-state index contributed by atoms with van der Waals surface area (Å²) in [7, 11) is 0. The Kier molecular flexibility index (Phi) is 7.98. The molecule has 2 unspecified atom stereocenters. The van der Waals surface area contributed by atoms with Gasteiger partial charge in [0.2, 0.25) is 0 Å². The SMILES string of the molecule is CCCNC(CCc1ccccc1)C(OCC)C(C)(C)C. The molecule has 0 aliphatic heterocycles. The summed E-state index contributed by atoms with van der Waals surface area (Å²) in [5, 5.41) is 3.71. The van der Waals surface area contributed by atoms with Crippen molar-refractivity contribution in [2.45, 2.75) is 66.0 Å². The monoisotopic (exact) mass is 291 g/mol. The zero-order valence-corrected chi connectivity index (χ0v) is 14.5. The molecule has 0 spiro atoms. The molecule has 0 saturated heterocycles. The Hall–Kier alpha value is -0.860. The van der Waals surface area contributed by atoms with Gasteiger partial charge in [-0.1, -0.05) is 58.0 Å². The van der Waals surface area contributed by atoms with E-state index in [0.717, 1.165) is 32.4 Å². The summed E-state index contributed by atoms with van der Waals surface area (Å²) in [4.78, 5) is 0. The van der Waals surface area contributed by atoms with Crippen molar-refractivity contribution in [3.8, 4) is 0 Å². The fourth-order valence-corrected chi connectivity index (χ4v) is 2.81. The Morgan fingerprint density at radius 3 is 2.29 bits per heavy atom. The first kappa shape index (κ1) is 18.2.